The summed E-state index contributed by atoms with van der Waals surface area (Å²) >= 11 is 0. The highest BCUT2D eigenvalue weighted by molar-refractivity contribution is 7.90. The molecule has 0 amide bonds. The number of benzene rings is 1. The van der Waals surface area contributed by atoms with E-state index in [4.69, 9.17) is 0 Å². The van der Waals surface area contributed by atoms with E-state index in [1.807, 2.05) is 0 Å². The fraction of sp³-hybridized carbons (Fsp3) is 0.300. The maximum atomic E-state index is 11.0. The number of sulfone groups is 1. The summed E-state index contributed by atoms with van der Waals surface area (Å²) < 4.78 is 23.5. The number of aromatic nitrogens is 2. The zero-order valence-corrected chi connectivity index (χ0v) is 10.4. The minimum absolute atomic E-state index is 0.00911. The van der Waals surface area contributed by atoms with Crippen LogP contribution in [0.25, 0.3) is 10.9 Å². The molecule has 1 heterocycles. The van der Waals surface area contributed by atoms with Gasteiger partial charge in [0.2, 0.25) is 0 Å². The van der Waals surface area contributed by atoms with Gasteiger partial charge in [0, 0.05) is 30.0 Å². The van der Waals surface area contributed by atoms with Crippen molar-refractivity contribution in [2.24, 2.45) is 0 Å². The Kier molecular flexibility index (Phi) is 3.04. The smallest absolute Gasteiger partial charge is 0.270 e. The van der Waals surface area contributed by atoms with Gasteiger partial charge in [0.05, 0.1) is 22.7 Å². The number of hydrogen-bond donors (Lipinski definition) is 0. The van der Waals surface area contributed by atoms with Crippen molar-refractivity contribution >= 4 is 26.4 Å². The van der Waals surface area contributed by atoms with Crippen molar-refractivity contribution in [3.05, 3.63) is 34.5 Å². The molecule has 0 fully saturated rings. The molecule has 18 heavy (non-hydrogen) atoms. The SMILES string of the molecule is CS(=O)(=O)CCn1cc2cc([N+](=O)[O-])ccc2n1. The van der Waals surface area contributed by atoms with Crippen molar-refractivity contribution in [3.8, 4) is 0 Å². The Balaban J connectivity index is 2.30. The Morgan fingerprint density at radius 1 is 1.44 bits per heavy atom. The number of nitrogens with zero attached hydrogens (tertiary/aromatic N) is 3. The normalized spacial score (nSPS) is 11.8. The van der Waals surface area contributed by atoms with Crippen LogP contribution in [0.3, 0.4) is 0 Å². The number of nitro benzene ring substituents is 1. The van der Waals surface area contributed by atoms with Crippen molar-refractivity contribution in [1.29, 1.82) is 0 Å². The lowest BCUT2D eigenvalue weighted by Gasteiger charge is -1.98. The van der Waals surface area contributed by atoms with Crippen LogP contribution in [0.2, 0.25) is 0 Å². The molecule has 0 saturated carbocycles. The molecule has 0 aliphatic heterocycles. The fourth-order valence-electron chi connectivity index (χ4n) is 1.55. The molecule has 0 radical (unpaired) electrons. The molecule has 0 spiro atoms. The van der Waals surface area contributed by atoms with Crippen LogP contribution >= 0.6 is 0 Å². The lowest BCUT2D eigenvalue weighted by Crippen LogP contribution is -2.11. The van der Waals surface area contributed by atoms with E-state index in [1.54, 1.807) is 12.3 Å². The number of aryl methyl sites for hydroxylation is 1. The van der Waals surface area contributed by atoms with Crippen LogP contribution in [0, 0.1) is 10.1 Å². The fourth-order valence-corrected chi connectivity index (χ4v) is 2.07. The summed E-state index contributed by atoms with van der Waals surface area (Å²) in [6.07, 6.45) is 2.76. The Morgan fingerprint density at radius 2 is 2.17 bits per heavy atom. The number of fused-ring (bicyclic) bond motifs is 1. The third-order valence-corrected chi connectivity index (χ3v) is 3.36. The van der Waals surface area contributed by atoms with Gasteiger partial charge in [-0.1, -0.05) is 0 Å². The monoisotopic (exact) mass is 269 g/mol. The van der Waals surface area contributed by atoms with Gasteiger partial charge in [-0.25, -0.2) is 8.42 Å². The molecule has 0 saturated heterocycles. The summed E-state index contributed by atoms with van der Waals surface area (Å²) in [7, 11) is -3.05. The first-order valence-corrected chi connectivity index (χ1v) is 7.20. The zero-order valence-electron chi connectivity index (χ0n) is 9.61. The van der Waals surface area contributed by atoms with Crippen molar-refractivity contribution in [3.63, 3.8) is 0 Å². The second-order valence-corrected chi connectivity index (χ2v) is 6.28. The average molecular weight is 269 g/mol. The second kappa shape index (κ2) is 4.37. The predicted octanol–water partition coefficient (Wildman–Crippen LogP) is 0.989. The van der Waals surface area contributed by atoms with E-state index >= 15 is 0 Å². The van der Waals surface area contributed by atoms with Crippen LogP contribution in [0.15, 0.2) is 24.4 Å². The van der Waals surface area contributed by atoms with E-state index in [0.29, 0.717) is 10.9 Å². The second-order valence-electron chi connectivity index (χ2n) is 4.02. The van der Waals surface area contributed by atoms with Crippen LogP contribution in [0.4, 0.5) is 5.69 Å². The summed E-state index contributed by atoms with van der Waals surface area (Å²) in [6, 6.07) is 4.33. The molecule has 1 aromatic carbocycles. The minimum atomic E-state index is -3.05. The molecule has 0 aliphatic rings. The van der Waals surface area contributed by atoms with E-state index in [0.717, 1.165) is 6.26 Å². The highest BCUT2D eigenvalue weighted by Gasteiger charge is 2.09. The Labute approximate surface area is 103 Å². The topological polar surface area (TPSA) is 95.1 Å². The summed E-state index contributed by atoms with van der Waals surface area (Å²) in [5, 5.41) is 15.4. The first-order valence-electron chi connectivity index (χ1n) is 5.14. The molecule has 0 unspecified atom stereocenters. The lowest BCUT2D eigenvalue weighted by atomic mass is 10.2. The largest absolute Gasteiger partial charge is 0.271 e. The van der Waals surface area contributed by atoms with E-state index in [9.17, 15) is 18.5 Å². The Bertz CT molecular complexity index is 705. The summed E-state index contributed by atoms with van der Waals surface area (Å²) in [5.74, 6) is -0.0108. The molecule has 8 heteroatoms. The molecule has 2 rings (SSSR count). The lowest BCUT2D eigenvalue weighted by molar-refractivity contribution is -0.384. The van der Waals surface area contributed by atoms with Crippen LogP contribution in [-0.2, 0) is 16.4 Å². The van der Waals surface area contributed by atoms with E-state index in [1.165, 1.54) is 16.8 Å². The zero-order chi connectivity index (χ0) is 13.3. The maximum Gasteiger partial charge on any atom is 0.270 e. The maximum absolute atomic E-state index is 11.0. The van der Waals surface area contributed by atoms with Crippen LogP contribution < -0.4 is 0 Å². The molecule has 0 bridgehead atoms. The molecular weight excluding hydrogens is 258 g/mol. The van der Waals surface area contributed by atoms with E-state index in [2.05, 4.69) is 5.10 Å². The van der Waals surface area contributed by atoms with Gasteiger partial charge in [-0.3, -0.25) is 14.8 Å². The number of rotatable bonds is 4. The van der Waals surface area contributed by atoms with Crippen molar-refractivity contribution in [1.82, 2.24) is 9.78 Å². The summed E-state index contributed by atoms with van der Waals surface area (Å²) in [6.45, 7) is 0.237. The molecule has 2 aromatic rings. The van der Waals surface area contributed by atoms with Gasteiger partial charge in [0.25, 0.3) is 5.69 Å². The van der Waals surface area contributed by atoms with Crippen LogP contribution in [0.1, 0.15) is 0 Å². The molecule has 0 N–H and O–H groups in total. The first kappa shape index (κ1) is 12.5. The summed E-state index contributed by atoms with van der Waals surface area (Å²) in [4.78, 5) is 10.1. The molecule has 0 atom stereocenters. The van der Waals surface area contributed by atoms with Crippen LogP contribution in [0.5, 0.6) is 0 Å². The number of non-ortho nitro benzene ring substituents is 1. The number of hydrogen-bond acceptors (Lipinski definition) is 5. The Morgan fingerprint density at radius 3 is 2.78 bits per heavy atom. The average Bonchev–Trinajstić information content (AvgIpc) is 2.66. The minimum Gasteiger partial charge on any atom is -0.271 e. The van der Waals surface area contributed by atoms with Gasteiger partial charge < -0.3 is 0 Å². The third-order valence-electron chi connectivity index (χ3n) is 2.44. The quantitative estimate of drug-likeness (QED) is 0.609. The van der Waals surface area contributed by atoms with E-state index < -0.39 is 14.8 Å². The standard InChI is InChI=1S/C10H11N3O4S/c1-18(16,17)5-4-12-7-8-6-9(13(14)15)2-3-10(8)11-12/h2-3,6-7H,4-5H2,1H3. The highest BCUT2D eigenvalue weighted by Crippen LogP contribution is 2.19. The van der Waals surface area contributed by atoms with Crippen molar-refractivity contribution in [2.75, 3.05) is 12.0 Å². The molecule has 0 aliphatic carbocycles. The van der Waals surface area contributed by atoms with Crippen molar-refractivity contribution in [2.45, 2.75) is 6.54 Å². The van der Waals surface area contributed by atoms with Gasteiger partial charge in [-0.2, -0.15) is 5.10 Å². The number of nitro groups is 1. The Hall–Kier alpha value is -1.96. The van der Waals surface area contributed by atoms with Gasteiger partial charge in [0.1, 0.15) is 9.84 Å². The molecule has 1 aromatic heterocycles. The molecule has 7 nitrogen and oxygen atoms in total. The highest BCUT2D eigenvalue weighted by atomic mass is 32.2. The van der Waals surface area contributed by atoms with Crippen molar-refractivity contribution < 1.29 is 13.3 Å². The first-order chi connectivity index (χ1) is 8.35. The molecule has 96 valence electrons. The molecular formula is C10H11N3O4S. The van der Waals surface area contributed by atoms with Gasteiger partial charge >= 0.3 is 0 Å². The summed E-state index contributed by atoms with van der Waals surface area (Å²) in [5.41, 5.74) is 0.597. The van der Waals surface area contributed by atoms with Gasteiger partial charge in [-0.05, 0) is 6.07 Å². The van der Waals surface area contributed by atoms with Gasteiger partial charge in [0.15, 0.2) is 0 Å². The third kappa shape index (κ3) is 2.83. The van der Waals surface area contributed by atoms with Crippen LogP contribution in [-0.4, -0.2) is 35.1 Å². The van der Waals surface area contributed by atoms with Gasteiger partial charge in [-0.15, -0.1) is 0 Å². The predicted molar refractivity (Wildman–Crippen MR) is 66.1 cm³/mol. The van der Waals surface area contributed by atoms with E-state index in [-0.39, 0.29) is 18.0 Å².